The molecule has 9 nitrogen and oxygen atoms in total. The highest BCUT2D eigenvalue weighted by atomic mass is 32.2. The number of fused-ring (bicyclic) bond motifs is 1. The Hall–Kier alpha value is -3.79. The third-order valence-electron chi connectivity index (χ3n) is 4.94. The van der Waals surface area contributed by atoms with Gasteiger partial charge in [0.2, 0.25) is 5.91 Å². The van der Waals surface area contributed by atoms with Gasteiger partial charge in [0.15, 0.2) is 11.0 Å². The number of benzene rings is 2. The minimum atomic E-state index is -0.472. The van der Waals surface area contributed by atoms with E-state index in [2.05, 4.69) is 20.5 Å². The Kier molecular flexibility index (Phi) is 7.48. The van der Waals surface area contributed by atoms with Crippen LogP contribution in [0.3, 0.4) is 0 Å². The number of ether oxygens (including phenoxy) is 2. The second-order valence-electron chi connectivity index (χ2n) is 7.19. The van der Waals surface area contributed by atoms with E-state index in [4.69, 9.17) is 9.47 Å². The van der Waals surface area contributed by atoms with Gasteiger partial charge < -0.3 is 19.8 Å². The van der Waals surface area contributed by atoms with Gasteiger partial charge in [0.25, 0.3) is 0 Å². The average Bonchev–Trinajstić information content (AvgIpc) is 3.46. The first-order chi connectivity index (χ1) is 16.6. The Morgan fingerprint density at radius 2 is 1.85 bits per heavy atom. The van der Waals surface area contributed by atoms with Gasteiger partial charge in [0.1, 0.15) is 12.3 Å². The number of nitrogens with zero attached hydrogens (tertiary/aromatic N) is 3. The third-order valence-corrected chi connectivity index (χ3v) is 5.87. The van der Waals surface area contributed by atoms with Crippen LogP contribution in [0.25, 0.3) is 28.0 Å². The van der Waals surface area contributed by atoms with Crippen molar-refractivity contribution in [2.75, 3.05) is 25.5 Å². The molecule has 0 atom stereocenters. The number of nitrogens with one attached hydrogen (secondary N) is 2. The van der Waals surface area contributed by atoms with Gasteiger partial charge in [0.05, 0.1) is 19.0 Å². The molecule has 2 aromatic carbocycles. The Bertz CT molecular complexity index is 1280. The lowest BCUT2D eigenvalue weighted by Gasteiger charge is -2.11. The van der Waals surface area contributed by atoms with Crippen LogP contribution in [0.2, 0.25) is 0 Å². The van der Waals surface area contributed by atoms with Crippen molar-refractivity contribution in [3.05, 3.63) is 54.7 Å². The van der Waals surface area contributed by atoms with Crippen LogP contribution in [0.5, 0.6) is 5.75 Å². The number of aromatic amines is 1. The van der Waals surface area contributed by atoms with Gasteiger partial charge in [-0.1, -0.05) is 30.0 Å². The molecule has 10 heteroatoms. The van der Waals surface area contributed by atoms with E-state index in [0.717, 1.165) is 27.9 Å². The summed E-state index contributed by atoms with van der Waals surface area (Å²) in [4.78, 5) is 27.0. The minimum absolute atomic E-state index is 0.0719. The van der Waals surface area contributed by atoms with Gasteiger partial charge in [-0.2, -0.15) is 0 Å². The standard InChI is InChI=1S/C24H25N5O4S/c1-3-32-17-11-9-16(10-12-17)29-23(19-13-25-20-8-6-5-7-18(19)20)27-28-24(29)34-15-21(30)26-14-22(31)33-4-2/h5-13,25H,3-4,14-15H2,1-2H3,(H,26,30). The van der Waals surface area contributed by atoms with Crippen molar-refractivity contribution in [1.82, 2.24) is 25.1 Å². The lowest BCUT2D eigenvalue weighted by Crippen LogP contribution is -2.31. The van der Waals surface area contributed by atoms with Gasteiger partial charge in [-0.05, 0) is 44.2 Å². The van der Waals surface area contributed by atoms with Crippen molar-refractivity contribution < 1.29 is 19.1 Å². The molecule has 0 aliphatic rings. The van der Waals surface area contributed by atoms with E-state index in [1.165, 1.54) is 11.8 Å². The second-order valence-corrected chi connectivity index (χ2v) is 8.13. The molecule has 0 aliphatic carbocycles. The molecule has 34 heavy (non-hydrogen) atoms. The van der Waals surface area contributed by atoms with E-state index in [1.807, 2.05) is 66.2 Å². The molecule has 0 aliphatic heterocycles. The highest BCUT2D eigenvalue weighted by Crippen LogP contribution is 2.32. The summed E-state index contributed by atoms with van der Waals surface area (Å²) < 4.78 is 12.3. The molecular weight excluding hydrogens is 454 g/mol. The van der Waals surface area contributed by atoms with Crippen molar-refractivity contribution in [2.24, 2.45) is 0 Å². The first-order valence-electron chi connectivity index (χ1n) is 10.9. The number of carbonyl (C=O) groups excluding carboxylic acids is 2. The number of H-pyrrole nitrogens is 1. The lowest BCUT2D eigenvalue weighted by molar-refractivity contribution is -0.143. The summed E-state index contributed by atoms with van der Waals surface area (Å²) in [7, 11) is 0. The summed E-state index contributed by atoms with van der Waals surface area (Å²) in [5, 5.41) is 13.0. The van der Waals surface area contributed by atoms with Crippen LogP contribution in [-0.4, -0.2) is 57.1 Å². The van der Waals surface area contributed by atoms with E-state index in [9.17, 15) is 9.59 Å². The number of carbonyl (C=O) groups is 2. The molecule has 4 aromatic rings. The summed E-state index contributed by atoms with van der Waals surface area (Å²) in [6.45, 7) is 4.33. The second kappa shape index (κ2) is 10.9. The maximum Gasteiger partial charge on any atom is 0.325 e. The monoisotopic (exact) mass is 479 g/mol. The number of hydrogen-bond donors (Lipinski definition) is 2. The van der Waals surface area contributed by atoms with E-state index in [-0.39, 0.29) is 24.8 Å². The predicted octanol–water partition coefficient (Wildman–Crippen LogP) is 3.59. The highest BCUT2D eigenvalue weighted by Gasteiger charge is 2.20. The molecule has 0 unspecified atom stereocenters. The lowest BCUT2D eigenvalue weighted by atomic mass is 10.1. The Morgan fingerprint density at radius 3 is 2.62 bits per heavy atom. The summed E-state index contributed by atoms with van der Waals surface area (Å²) in [6, 6.07) is 15.6. The number of rotatable bonds is 10. The van der Waals surface area contributed by atoms with Crippen LogP contribution >= 0.6 is 11.8 Å². The van der Waals surface area contributed by atoms with Gasteiger partial charge in [-0.3, -0.25) is 14.2 Å². The van der Waals surface area contributed by atoms with Gasteiger partial charge >= 0.3 is 5.97 Å². The van der Waals surface area contributed by atoms with Crippen molar-refractivity contribution in [3.8, 4) is 22.8 Å². The zero-order valence-electron chi connectivity index (χ0n) is 18.9. The van der Waals surface area contributed by atoms with Crippen LogP contribution < -0.4 is 10.1 Å². The van der Waals surface area contributed by atoms with Crippen LogP contribution in [0.1, 0.15) is 13.8 Å². The molecule has 0 spiro atoms. The number of esters is 1. The van der Waals surface area contributed by atoms with Crippen molar-refractivity contribution in [3.63, 3.8) is 0 Å². The molecule has 2 aromatic heterocycles. The quantitative estimate of drug-likeness (QED) is 0.264. The zero-order chi connectivity index (χ0) is 23.9. The van der Waals surface area contributed by atoms with Crippen LogP contribution in [0, 0.1) is 0 Å². The summed E-state index contributed by atoms with van der Waals surface area (Å²) in [6.07, 6.45) is 1.90. The topological polar surface area (TPSA) is 111 Å². The minimum Gasteiger partial charge on any atom is -0.494 e. The fourth-order valence-corrected chi connectivity index (χ4v) is 4.23. The first-order valence-corrected chi connectivity index (χ1v) is 11.9. The van der Waals surface area contributed by atoms with Gasteiger partial charge in [-0.25, -0.2) is 0 Å². The molecule has 0 radical (unpaired) electrons. The van der Waals surface area contributed by atoms with Gasteiger partial charge in [0, 0.05) is 28.4 Å². The Balaban J connectivity index is 1.63. The zero-order valence-corrected chi connectivity index (χ0v) is 19.7. The van der Waals surface area contributed by atoms with Crippen molar-refractivity contribution in [2.45, 2.75) is 19.0 Å². The van der Waals surface area contributed by atoms with E-state index >= 15 is 0 Å². The third kappa shape index (κ3) is 5.23. The molecule has 2 N–H and O–H groups in total. The average molecular weight is 480 g/mol. The largest absolute Gasteiger partial charge is 0.494 e. The SMILES string of the molecule is CCOC(=O)CNC(=O)CSc1nnc(-c2c[nH]c3ccccc23)n1-c1ccc(OCC)cc1. The van der Waals surface area contributed by atoms with E-state index in [0.29, 0.717) is 17.6 Å². The maximum atomic E-state index is 12.3. The van der Waals surface area contributed by atoms with Crippen molar-refractivity contribution in [1.29, 1.82) is 0 Å². The number of aromatic nitrogens is 4. The smallest absolute Gasteiger partial charge is 0.325 e. The summed E-state index contributed by atoms with van der Waals surface area (Å²) in [5.74, 6) is 0.715. The summed E-state index contributed by atoms with van der Waals surface area (Å²) in [5.41, 5.74) is 2.73. The maximum absolute atomic E-state index is 12.3. The number of para-hydroxylation sites is 1. The van der Waals surface area contributed by atoms with Crippen LogP contribution in [-0.2, 0) is 14.3 Å². The molecule has 1 amide bonds. The van der Waals surface area contributed by atoms with Crippen LogP contribution in [0.15, 0.2) is 59.9 Å². The van der Waals surface area contributed by atoms with Gasteiger partial charge in [-0.15, -0.1) is 10.2 Å². The molecule has 0 fully saturated rings. The molecule has 0 saturated carbocycles. The molecule has 4 rings (SSSR count). The molecule has 176 valence electrons. The van der Waals surface area contributed by atoms with Crippen LogP contribution in [0.4, 0.5) is 0 Å². The fourth-order valence-electron chi connectivity index (χ4n) is 3.45. The summed E-state index contributed by atoms with van der Waals surface area (Å²) >= 11 is 1.24. The number of thioether (sulfide) groups is 1. The van der Waals surface area contributed by atoms with E-state index in [1.54, 1.807) is 6.92 Å². The first kappa shape index (κ1) is 23.4. The molecule has 2 heterocycles. The predicted molar refractivity (Wildman–Crippen MR) is 130 cm³/mol. The van der Waals surface area contributed by atoms with E-state index < -0.39 is 5.97 Å². The number of hydrogen-bond acceptors (Lipinski definition) is 7. The highest BCUT2D eigenvalue weighted by molar-refractivity contribution is 7.99. The fraction of sp³-hybridized carbons (Fsp3) is 0.250. The molecule has 0 bridgehead atoms. The molecule has 0 saturated heterocycles. The normalized spacial score (nSPS) is 10.9. The Morgan fingerprint density at radius 1 is 1.06 bits per heavy atom. The van der Waals surface area contributed by atoms with Crippen molar-refractivity contribution >= 4 is 34.5 Å². The number of amides is 1. The molecular formula is C24H25N5O4S. The Labute approximate surface area is 200 Å².